The van der Waals surface area contributed by atoms with Gasteiger partial charge in [-0.3, -0.25) is 4.79 Å². The van der Waals surface area contributed by atoms with Gasteiger partial charge < -0.3 is 15.4 Å². The number of hydrogen-bond acceptors (Lipinski definition) is 5. The molecule has 1 spiro atoms. The van der Waals surface area contributed by atoms with Crippen LogP contribution in [0.3, 0.4) is 0 Å². The molecule has 7 heteroatoms. The summed E-state index contributed by atoms with van der Waals surface area (Å²) in [5.74, 6) is -0.0797. The van der Waals surface area contributed by atoms with E-state index in [1.54, 1.807) is 0 Å². The minimum absolute atomic E-state index is 0.0797. The molecule has 25 heavy (non-hydrogen) atoms. The van der Waals surface area contributed by atoms with Crippen LogP contribution in [0.2, 0.25) is 0 Å². The summed E-state index contributed by atoms with van der Waals surface area (Å²) in [5, 5.41) is 15.1. The molecule has 3 fully saturated rings. The highest BCUT2D eigenvalue weighted by atomic mass is 16.5. The zero-order valence-corrected chi connectivity index (χ0v) is 15.3. The first-order chi connectivity index (χ1) is 12.2. The van der Waals surface area contributed by atoms with Gasteiger partial charge in [0.1, 0.15) is 0 Å². The topological polar surface area (TPSA) is 81.1 Å². The third-order valence-electron chi connectivity index (χ3n) is 6.54. The van der Waals surface area contributed by atoms with E-state index in [1.807, 2.05) is 18.5 Å². The van der Waals surface area contributed by atoms with Crippen LogP contribution in [0.5, 0.6) is 0 Å². The number of ether oxygens (including phenoxy) is 1. The maximum atomic E-state index is 12.8. The van der Waals surface area contributed by atoms with E-state index in [0.717, 1.165) is 57.5 Å². The Morgan fingerprint density at radius 1 is 1.40 bits per heavy atom. The van der Waals surface area contributed by atoms with Crippen molar-refractivity contribution >= 4 is 5.91 Å². The molecule has 2 N–H and O–H groups in total. The fourth-order valence-corrected chi connectivity index (χ4v) is 4.82. The second-order valence-corrected chi connectivity index (χ2v) is 7.74. The van der Waals surface area contributed by atoms with Gasteiger partial charge in [0.2, 0.25) is 0 Å². The molecule has 7 nitrogen and oxygen atoms in total. The Kier molecular flexibility index (Phi) is 4.54. The van der Waals surface area contributed by atoms with Crippen molar-refractivity contribution in [2.75, 3.05) is 19.7 Å². The molecule has 1 aromatic heterocycles. The van der Waals surface area contributed by atoms with Crippen molar-refractivity contribution in [1.82, 2.24) is 25.6 Å². The van der Waals surface area contributed by atoms with E-state index >= 15 is 0 Å². The normalized spacial score (nSPS) is 28.4. The van der Waals surface area contributed by atoms with Crippen molar-refractivity contribution in [1.29, 1.82) is 0 Å². The number of carbonyl (C=O) groups excluding carboxylic acids is 1. The monoisotopic (exact) mass is 347 g/mol. The lowest BCUT2D eigenvalue weighted by atomic mass is 9.51. The number of aromatic nitrogens is 3. The van der Waals surface area contributed by atoms with Gasteiger partial charge in [-0.25, -0.2) is 4.68 Å². The van der Waals surface area contributed by atoms with E-state index < -0.39 is 0 Å². The van der Waals surface area contributed by atoms with Crippen LogP contribution in [0.1, 0.15) is 67.7 Å². The summed E-state index contributed by atoms with van der Waals surface area (Å²) < 4.78 is 7.81. The van der Waals surface area contributed by atoms with Gasteiger partial charge in [-0.2, -0.15) is 0 Å². The van der Waals surface area contributed by atoms with E-state index in [-0.39, 0.29) is 17.4 Å². The molecule has 0 bridgehead atoms. The number of rotatable bonds is 5. The lowest BCUT2D eigenvalue weighted by Crippen LogP contribution is -2.67. The van der Waals surface area contributed by atoms with Crippen molar-refractivity contribution in [3.05, 3.63) is 11.4 Å². The van der Waals surface area contributed by atoms with Crippen LogP contribution in [0.4, 0.5) is 0 Å². The fourth-order valence-electron chi connectivity index (χ4n) is 4.82. The summed E-state index contributed by atoms with van der Waals surface area (Å²) in [7, 11) is 0. The van der Waals surface area contributed by atoms with E-state index in [2.05, 4.69) is 20.9 Å². The number of nitrogens with one attached hydrogen (secondary N) is 2. The summed E-state index contributed by atoms with van der Waals surface area (Å²) in [6, 6.07) is 0.563. The molecular formula is C18H29N5O2. The molecule has 2 atom stereocenters. The minimum Gasteiger partial charge on any atom is -0.378 e. The van der Waals surface area contributed by atoms with Crippen molar-refractivity contribution in [3.63, 3.8) is 0 Å². The molecule has 1 aromatic rings. The van der Waals surface area contributed by atoms with Gasteiger partial charge in [-0.15, -0.1) is 5.10 Å². The highest BCUT2D eigenvalue weighted by Crippen LogP contribution is 2.57. The number of amides is 1. The predicted octanol–water partition coefficient (Wildman–Crippen LogP) is 1.59. The second-order valence-electron chi connectivity index (χ2n) is 7.74. The van der Waals surface area contributed by atoms with Crippen molar-refractivity contribution in [2.24, 2.45) is 5.41 Å². The van der Waals surface area contributed by atoms with Gasteiger partial charge in [-0.1, -0.05) is 11.6 Å². The number of piperidine rings is 1. The zero-order chi connectivity index (χ0) is 17.4. The SMILES string of the molecule is CCO[C@@H]1C[C@@H](NC(=O)c2nnn(C3CCNCC3)c2C)C12CCC2. The largest absolute Gasteiger partial charge is 0.378 e. The molecule has 0 aromatic carbocycles. The van der Waals surface area contributed by atoms with E-state index in [9.17, 15) is 4.79 Å². The highest BCUT2D eigenvalue weighted by Gasteiger charge is 2.59. The van der Waals surface area contributed by atoms with E-state index in [4.69, 9.17) is 4.74 Å². The third-order valence-corrected chi connectivity index (χ3v) is 6.54. The van der Waals surface area contributed by atoms with Crippen LogP contribution in [0.25, 0.3) is 0 Å². The van der Waals surface area contributed by atoms with Gasteiger partial charge in [0, 0.05) is 18.1 Å². The molecule has 4 rings (SSSR count). The van der Waals surface area contributed by atoms with Crippen LogP contribution < -0.4 is 10.6 Å². The van der Waals surface area contributed by atoms with Crippen molar-refractivity contribution in [2.45, 2.75) is 70.6 Å². The van der Waals surface area contributed by atoms with Gasteiger partial charge >= 0.3 is 0 Å². The minimum atomic E-state index is -0.0797. The van der Waals surface area contributed by atoms with Gasteiger partial charge in [0.25, 0.3) is 5.91 Å². The lowest BCUT2D eigenvalue weighted by molar-refractivity contribution is -0.169. The summed E-state index contributed by atoms with van der Waals surface area (Å²) >= 11 is 0. The fraction of sp³-hybridized carbons (Fsp3) is 0.833. The molecule has 1 amide bonds. The first-order valence-electron chi connectivity index (χ1n) is 9.70. The smallest absolute Gasteiger partial charge is 0.273 e. The summed E-state index contributed by atoms with van der Waals surface area (Å²) in [6.45, 7) is 6.74. The van der Waals surface area contributed by atoms with Crippen LogP contribution in [0, 0.1) is 12.3 Å². The van der Waals surface area contributed by atoms with Gasteiger partial charge in [-0.05, 0) is 59.0 Å². The first-order valence-corrected chi connectivity index (χ1v) is 9.70. The molecular weight excluding hydrogens is 318 g/mol. The number of nitrogens with zero attached hydrogens (tertiary/aromatic N) is 3. The highest BCUT2D eigenvalue weighted by molar-refractivity contribution is 5.93. The standard InChI is InChI=1S/C18H29N5O2/c1-3-25-15-11-14(18(15)7-4-8-18)20-17(24)16-12(2)23(22-21-16)13-5-9-19-10-6-13/h13-15,19H,3-11H2,1-2H3,(H,20,24)/t14-,15-/m1/s1. The Balaban J connectivity index is 1.43. The Morgan fingerprint density at radius 3 is 2.80 bits per heavy atom. The maximum Gasteiger partial charge on any atom is 0.273 e. The molecule has 138 valence electrons. The average Bonchev–Trinajstić information content (AvgIpc) is 2.94. The molecule has 1 saturated heterocycles. The van der Waals surface area contributed by atoms with Gasteiger partial charge in [0.15, 0.2) is 5.69 Å². The lowest BCUT2D eigenvalue weighted by Gasteiger charge is -2.60. The molecule has 2 aliphatic carbocycles. The molecule has 2 heterocycles. The third kappa shape index (κ3) is 2.77. The average molecular weight is 347 g/mol. The summed E-state index contributed by atoms with van der Waals surface area (Å²) in [5.41, 5.74) is 1.53. The van der Waals surface area contributed by atoms with Crippen LogP contribution >= 0.6 is 0 Å². The summed E-state index contributed by atoms with van der Waals surface area (Å²) in [6.07, 6.45) is 6.84. The van der Waals surface area contributed by atoms with Gasteiger partial charge in [0.05, 0.1) is 17.8 Å². The Hall–Kier alpha value is -1.47. The summed E-state index contributed by atoms with van der Waals surface area (Å²) in [4.78, 5) is 12.8. The predicted molar refractivity (Wildman–Crippen MR) is 93.5 cm³/mol. The first kappa shape index (κ1) is 17.0. The Morgan fingerprint density at radius 2 is 2.16 bits per heavy atom. The molecule has 3 aliphatic rings. The molecule has 0 radical (unpaired) electrons. The van der Waals surface area contributed by atoms with Crippen LogP contribution in [-0.2, 0) is 4.74 Å². The maximum absolute atomic E-state index is 12.8. The number of carbonyl (C=O) groups is 1. The Labute approximate surface area is 148 Å². The zero-order valence-electron chi connectivity index (χ0n) is 15.3. The van der Waals surface area contributed by atoms with E-state index in [1.165, 1.54) is 6.42 Å². The van der Waals surface area contributed by atoms with Crippen molar-refractivity contribution < 1.29 is 9.53 Å². The molecule has 1 aliphatic heterocycles. The quantitative estimate of drug-likeness (QED) is 0.845. The molecule has 0 unspecified atom stereocenters. The van der Waals surface area contributed by atoms with Crippen molar-refractivity contribution in [3.8, 4) is 0 Å². The number of hydrogen-bond donors (Lipinski definition) is 2. The molecule has 2 saturated carbocycles. The Bertz CT molecular complexity index is 633. The second kappa shape index (κ2) is 6.68. The van der Waals surface area contributed by atoms with Crippen LogP contribution in [0.15, 0.2) is 0 Å². The van der Waals surface area contributed by atoms with E-state index in [0.29, 0.717) is 17.8 Å². The van der Waals surface area contributed by atoms with Crippen LogP contribution in [-0.4, -0.2) is 52.7 Å².